The first-order valence-corrected chi connectivity index (χ1v) is 7.69. The van der Waals surface area contributed by atoms with Crippen molar-refractivity contribution >= 4 is 0 Å². The molecule has 1 heteroatoms. The van der Waals surface area contributed by atoms with E-state index in [1.807, 2.05) is 0 Å². The van der Waals surface area contributed by atoms with Crippen molar-refractivity contribution in [2.45, 2.75) is 51.4 Å². The third-order valence-corrected chi connectivity index (χ3v) is 3.87. The van der Waals surface area contributed by atoms with Crippen molar-refractivity contribution in [1.29, 1.82) is 0 Å². The molecule has 1 nitrogen and oxygen atoms in total. The fourth-order valence-corrected chi connectivity index (χ4v) is 2.72. The number of rotatable bonds is 3. The van der Waals surface area contributed by atoms with Crippen LogP contribution in [0.15, 0.2) is 24.3 Å². The Morgan fingerprint density at radius 2 is 1.89 bits per heavy atom. The van der Waals surface area contributed by atoms with Crippen LogP contribution < -0.4 is 5.73 Å². The summed E-state index contributed by atoms with van der Waals surface area (Å²) in [7, 11) is 0. The largest absolute Gasteiger partial charge is 0.330 e. The highest BCUT2D eigenvalue weighted by molar-refractivity contribution is 5.37. The molecule has 0 atom stereocenters. The highest BCUT2D eigenvalue weighted by atomic mass is 14.5. The van der Waals surface area contributed by atoms with Gasteiger partial charge in [0.2, 0.25) is 0 Å². The van der Waals surface area contributed by atoms with Crippen molar-refractivity contribution in [3.05, 3.63) is 35.4 Å². The summed E-state index contributed by atoms with van der Waals surface area (Å²) in [5.74, 6) is 7.48. The Balaban J connectivity index is 1.97. The van der Waals surface area contributed by atoms with Gasteiger partial charge in [0.25, 0.3) is 0 Å². The number of nitrogens with two attached hydrogens (primary N) is 1. The quantitative estimate of drug-likeness (QED) is 0.643. The van der Waals surface area contributed by atoms with Crippen LogP contribution in [0.1, 0.15) is 56.1 Å². The molecule has 0 amide bonds. The first kappa shape index (κ1) is 14.2. The maximum absolute atomic E-state index is 5.56. The maximum Gasteiger partial charge on any atom is 0.0248 e. The molecule has 1 aromatic rings. The summed E-state index contributed by atoms with van der Waals surface area (Å²) in [5.41, 5.74) is 8.08. The zero-order valence-electron chi connectivity index (χ0n) is 11.8. The molecule has 1 aromatic carbocycles. The summed E-state index contributed by atoms with van der Waals surface area (Å²) in [5, 5.41) is 0. The summed E-state index contributed by atoms with van der Waals surface area (Å²) in [4.78, 5) is 0. The van der Waals surface area contributed by atoms with E-state index in [1.54, 1.807) is 0 Å². The normalized spacial score (nSPS) is 16.5. The van der Waals surface area contributed by atoms with Crippen molar-refractivity contribution in [1.82, 2.24) is 0 Å². The molecule has 1 aliphatic rings. The van der Waals surface area contributed by atoms with Crippen LogP contribution in [0, 0.1) is 17.8 Å². The second-order valence-electron chi connectivity index (χ2n) is 5.55. The highest BCUT2D eigenvalue weighted by Crippen LogP contribution is 2.22. The molecule has 1 aliphatic carbocycles. The fourth-order valence-electron chi connectivity index (χ4n) is 2.72. The summed E-state index contributed by atoms with van der Waals surface area (Å²) >= 11 is 0. The monoisotopic (exact) mass is 255 g/mol. The van der Waals surface area contributed by atoms with Crippen LogP contribution in [-0.2, 0) is 6.42 Å². The molecule has 0 heterocycles. The van der Waals surface area contributed by atoms with Gasteiger partial charge in [-0.15, -0.1) is 0 Å². The Kier molecular flexibility index (Phi) is 5.98. The molecule has 19 heavy (non-hydrogen) atoms. The van der Waals surface area contributed by atoms with Crippen LogP contribution in [0.3, 0.4) is 0 Å². The average molecular weight is 255 g/mol. The van der Waals surface area contributed by atoms with Gasteiger partial charge in [-0.25, -0.2) is 0 Å². The molecule has 0 spiro atoms. The van der Waals surface area contributed by atoms with Crippen LogP contribution in [-0.4, -0.2) is 6.54 Å². The summed E-state index contributed by atoms with van der Waals surface area (Å²) in [6, 6.07) is 8.63. The van der Waals surface area contributed by atoms with Crippen molar-refractivity contribution in [3.63, 3.8) is 0 Å². The second kappa shape index (κ2) is 8.02. The van der Waals surface area contributed by atoms with Crippen molar-refractivity contribution in [2.24, 2.45) is 11.7 Å². The average Bonchev–Trinajstić information content (AvgIpc) is 2.72. The van der Waals surface area contributed by atoms with E-state index in [2.05, 4.69) is 36.1 Å². The number of hydrogen-bond acceptors (Lipinski definition) is 1. The van der Waals surface area contributed by atoms with Gasteiger partial charge in [0.1, 0.15) is 0 Å². The highest BCUT2D eigenvalue weighted by Gasteiger charge is 2.08. The Labute approximate surface area is 117 Å². The standard InChI is InChI=1S/C18H25N/c19-14-6-11-17-9-5-10-18(15-17)13-12-16-7-3-1-2-4-8-16/h5,9-10,15-16H,1-4,6-8,11,14,19H2. The number of benzene rings is 1. The smallest absolute Gasteiger partial charge is 0.0248 e. The van der Waals surface area contributed by atoms with Gasteiger partial charge in [-0.05, 0) is 49.9 Å². The molecule has 1 saturated carbocycles. The van der Waals surface area contributed by atoms with Crippen molar-refractivity contribution in [2.75, 3.05) is 6.54 Å². The second-order valence-corrected chi connectivity index (χ2v) is 5.55. The van der Waals surface area contributed by atoms with Gasteiger partial charge in [-0.2, -0.15) is 0 Å². The molecular formula is C18H25N. The molecule has 2 N–H and O–H groups in total. The van der Waals surface area contributed by atoms with E-state index < -0.39 is 0 Å². The van der Waals surface area contributed by atoms with Gasteiger partial charge in [-0.1, -0.05) is 49.7 Å². The first-order chi connectivity index (χ1) is 9.38. The maximum atomic E-state index is 5.56. The van der Waals surface area contributed by atoms with Gasteiger partial charge >= 0.3 is 0 Å². The van der Waals surface area contributed by atoms with E-state index in [4.69, 9.17) is 5.73 Å². The third kappa shape index (κ3) is 5.09. The molecule has 2 rings (SSSR count). The van der Waals surface area contributed by atoms with Gasteiger partial charge in [0.05, 0.1) is 0 Å². The SMILES string of the molecule is NCCCc1cccc(C#CC2CCCCCC2)c1. The lowest BCUT2D eigenvalue weighted by molar-refractivity contribution is 0.577. The van der Waals surface area contributed by atoms with Crippen LogP contribution in [0.4, 0.5) is 0 Å². The lowest BCUT2D eigenvalue weighted by Gasteiger charge is -2.04. The van der Waals surface area contributed by atoms with E-state index in [0.29, 0.717) is 5.92 Å². The molecule has 0 saturated heterocycles. The minimum absolute atomic E-state index is 0.621. The van der Waals surface area contributed by atoms with Gasteiger partial charge in [0, 0.05) is 11.5 Å². The minimum Gasteiger partial charge on any atom is -0.330 e. The van der Waals surface area contributed by atoms with E-state index in [0.717, 1.165) is 19.4 Å². The van der Waals surface area contributed by atoms with Crippen molar-refractivity contribution < 1.29 is 0 Å². The Hall–Kier alpha value is -1.26. The summed E-state index contributed by atoms with van der Waals surface area (Å²) in [6.45, 7) is 0.762. The Bertz CT molecular complexity index is 430. The fraction of sp³-hybridized carbons (Fsp3) is 0.556. The topological polar surface area (TPSA) is 26.0 Å². The third-order valence-electron chi connectivity index (χ3n) is 3.87. The molecular weight excluding hydrogens is 230 g/mol. The van der Waals surface area contributed by atoms with Crippen LogP contribution in [0.25, 0.3) is 0 Å². The predicted octanol–water partition coefficient (Wildman–Crippen LogP) is 3.90. The van der Waals surface area contributed by atoms with Gasteiger partial charge < -0.3 is 5.73 Å². The zero-order chi connectivity index (χ0) is 13.3. The Morgan fingerprint density at radius 1 is 1.11 bits per heavy atom. The van der Waals surface area contributed by atoms with E-state index in [-0.39, 0.29) is 0 Å². The predicted molar refractivity (Wildman–Crippen MR) is 81.9 cm³/mol. The Morgan fingerprint density at radius 3 is 2.63 bits per heavy atom. The molecule has 1 fully saturated rings. The van der Waals surface area contributed by atoms with E-state index in [9.17, 15) is 0 Å². The van der Waals surface area contributed by atoms with Crippen LogP contribution >= 0.6 is 0 Å². The molecule has 0 aliphatic heterocycles. The summed E-state index contributed by atoms with van der Waals surface area (Å²) < 4.78 is 0. The lowest BCUT2D eigenvalue weighted by atomic mass is 10.00. The van der Waals surface area contributed by atoms with Crippen LogP contribution in [0.2, 0.25) is 0 Å². The number of hydrogen-bond donors (Lipinski definition) is 1. The van der Waals surface area contributed by atoms with Crippen molar-refractivity contribution in [3.8, 4) is 11.8 Å². The van der Waals surface area contributed by atoms with E-state index in [1.165, 1.54) is 49.7 Å². The lowest BCUT2D eigenvalue weighted by Crippen LogP contribution is -2.00. The van der Waals surface area contributed by atoms with Crippen LogP contribution in [0.5, 0.6) is 0 Å². The number of aryl methyl sites for hydroxylation is 1. The zero-order valence-corrected chi connectivity index (χ0v) is 11.8. The van der Waals surface area contributed by atoms with Gasteiger partial charge in [-0.3, -0.25) is 0 Å². The summed E-state index contributed by atoms with van der Waals surface area (Å²) in [6.07, 6.45) is 10.2. The molecule has 0 bridgehead atoms. The first-order valence-electron chi connectivity index (χ1n) is 7.69. The molecule has 0 radical (unpaired) electrons. The van der Waals surface area contributed by atoms with E-state index >= 15 is 0 Å². The minimum atomic E-state index is 0.621. The molecule has 102 valence electrons. The molecule has 0 unspecified atom stereocenters. The van der Waals surface area contributed by atoms with Gasteiger partial charge in [0.15, 0.2) is 0 Å². The molecule has 0 aromatic heterocycles.